The molecule has 0 spiro atoms. The van der Waals surface area contributed by atoms with E-state index in [1.165, 1.54) is 53.4 Å². The van der Waals surface area contributed by atoms with Crippen LogP contribution in [0.2, 0.25) is 0 Å². The number of carbonyl (C=O) groups is 2. The number of carbonyl (C=O) groups excluding carboxylic acids is 2. The number of aliphatic hydroxyl groups excluding tert-OH is 1. The van der Waals surface area contributed by atoms with E-state index in [-0.39, 0.29) is 11.7 Å². The van der Waals surface area contributed by atoms with Crippen LogP contribution < -0.4 is 15.4 Å². The highest BCUT2D eigenvalue weighted by Gasteiger charge is 2.34. The van der Waals surface area contributed by atoms with Crippen LogP contribution >= 0.6 is 11.3 Å². The van der Waals surface area contributed by atoms with E-state index in [1.807, 2.05) is 0 Å². The minimum absolute atomic E-state index is 0.199. The number of likely N-dealkylation sites (tertiary alicyclic amines) is 1. The number of ether oxygens (including phenoxy) is 1. The van der Waals surface area contributed by atoms with Crippen LogP contribution in [0.5, 0.6) is 10.8 Å². The summed E-state index contributed by atoms with van der Waals surface area (Å²) in [6.07, 6.45) is -0.0836. The third-order valence-corrected chi connectivity index (χ3v) is 6.24. The van der Waals surface area contributed by atoms with Crippen molar-refractivity contribution < 1.29 is 28.2 Å². The van der Waals surface area contributed by atoms with Crippen LogP contribution in [0.4, 0.5) is 18.7 Å². The van der Waals surface area contributed by atoms with Crippen molar-refractivity contribution in [3.63, 3.8) is 0 Å². The Balaban J connectivity index is 1.54. The standard InChI is InChI=1S/C24H24F2N4O4S/c1-24(2,29-23(33)30-12-11-17(31)13-30)21(32)28-22-27-19(14-3-5-15(25)6-4-14)20(35-22)34-18-9-7-16(26)8-10-18/h3-10,17,31H,11-13H2,1-2H3,(H,29,33)(H,27,28,32)/t17-/m0/s1. The van der Waals surface area contributed by atoms with Crippen molar-refractivity contribution in [3.8, 4) is 22.1 Å². The summed E-state index contributed by atoms with van der Waals surface area (Å²) in [7, 11) is 0. The van der Waals surface area contributed by atoms with E-state index in [2.05, 4.69) is 15.6 Å². The van der Waals surface area contributed by atoms with Crippen LogP contribution in [0.25, 0.3) is 11.3 Å². The second-order valence-electron chi connectivity index (χ2n) is 8.62. The van der Waals surface area contributed by atoms with E-state index in [0.29, 0.717) is 35.0 Å². The topological polar surface area (TPSA) is 104 Å². The molecule has 184 valence electrons. The molecule has 8 nitrogen and oxygen atoms in total. The van der Waals surface area contributed by atoms with Crippen molar-refractivity contribution in [2.24, 2.45) is 0 Å². The minimum Gasteiger partial charge on any atom is -0.444 e. The molecule has 11 heteroatoms. The van der Waals surface area contributed by atoms with Crippen molar-refractivity contribution in [2.45, 2.75) is 31.9 Å². The molecule has 1 aliphatic rings. The molecule has 3 N–H and O–H groups in total. The van der Waals surface area contributed by atoms with Gasteiger partial charge in [0.15, 0.2) is 5.13 Å². The molecule has 0 saturated carbocycles. The summed E-state index contributed by atoms with van der Waals surface area (Å²) in [5, 5.41) is 15.5. The molecule has 2 aromatic carbocycles. The zero-order valence-electron chi connectivity index (χ0n) is 19.0. The number of halogens is 2. The van der Waals surface area contributed by atoms with Gasteiger partial charge >= 0.3 is 6.03 Å². The molecule has 0 aliphatic carbocycles. The molecule has 3 amide bonds. The average molecular weight is 503 g/mol. The first-order valence-corrected chi connectivity index (χ1v) is 11.7. The zero-order chi connectivity index (χ0) is 25.2. The number of urea groups is 1. The number of anilines is 1. The quantitative estimate of drug-likeness (QED) is 0.464. The summed E-state index contributed by atoms with van der Waals surface area (Å²) in [5.41, 5.74) is -0.368. The molecule has 35 heavy (non-hydrogen) atoms. The number of nitrogens with zero attached hydrogens (tertiary/aromatic N) is 2. The molecule has 1 atom stereocenters. The van der Waals surface area contributed by atoms with Gasteiger partial charge in [-0.05, 0) is 68.8 Å². The Bertz CT molecular complexity index is 1220. The number of nitrogens with one attached hydrogen (secondary N) is 2. The predicted octanol–water partition coefficient (Wildman–Crippen LogP) is 4.37. The maximum atomic E-state index is 13.4. The van der Waals surface area contributed by atoms with Crippen LogP contribution in [0.1, 0.15) is 20.3 Å². The summed E-state index contributed by atoms with van der Waals surface area (Å²) in [4.78, 5) is 31.4. The number of aromatic nitrogens is 1. The van der Waals surface area contributed by atoms with Gasteiger partial charge in [-0.1, -0.05) is 11.3 Å². The summed E-state index contributed by atoms with van der Waals surface area (Å²) >= 11 is 1.04. The number of β-amino-alcohol motifs (C(OH)–C–C–N with tert-alkyl or cyclic N) is 1. The van der Waals surface area contributed by atoms with Crippen molar-refractivity contribution >= 4 is 28.4 Å². The fourth-order valence-corrected chi connectivity index (χ4v) is 4.27. The highest BCUT2D eigenvalue weighted by Crippen LogP contribution is 2.40. The van der Waals surface area contributed by atoms with Crippen LogP contribution in [0, 0.1) is 11.6 Å². The summed E-state index contributed by atoms with van der Waals surface area (Å²) in [6, 6.07) is 10.6. The van der Waals surface area contributed by atoms with Gasteiger partial charge in [0.05, 0.1) is 6.10 Å². The minimum atomic E-state index is -1.29. The van der Waals surface area contributed by atoms with E-state index < -0.39 is 35.2 Å². The first-order chi connectivity index (χ1) is 16.6. The Labute approximate surface area is 204 Å². The number of amides is 3. The summed E-state index contributed by atoms with van der Waals surface area (Å²) in [5.74, 6) is -0.988. The van der Waals surface area contributed by atoms with E-state index in [1.54, 1.807) is 13.8 Å². The average Bonchev–Trinajstić information content (AvgIpc) is 3.42. The Kier molecular flexibility index (Phi) is 6.99. The van der Waals surface area contributed by atoms with Gasteiger partial charge in [0.25, 0.3) is 5.91 Å². The van der Waals surface area contributed by atoms with E-state index in [0.717, 1.165) is 11.3 Å². The van der Waals surface area contributed by atoms with Gasteiger partial charge in [-0.3, -0.25) is 10.1 Å². The normalized spacial score (nSPS) is 15.7. The van der Waals surface area contributed by atoms with Gasteiger partial charge < -0.3 is 20.1 Å². The van der Waals surface area contributed by atoms with Crippen molar-refractivity contribution in [2.75, 3.05) is 18.4 Å². The first kappa shape index (κ1) is 24.6. The maximum Gasteiger partial charge on any atom is 0.318 e. The Morgan fingerprint density at radius 1 is 1.11 bits per heavy atom. The maximum absolute atomic E-state index is 13.4. The molecule has 2 heterocycles. The smallest absolute Gasteiger partial charge is 0.318 e. The van der Waals surface area contributed by atoms with E-state index in [4.69, 9.17) is 4.74 Å². The predicted molar refractivity (Wildman–Crippen MR) is 127 cm³/mol. The van der Waals surface area contributed by atoms with Gasteiger partial charge in [-0.25, -0.2) is 18.6 Å². The Morgan fingerprint density at radius 3 is 2.34 bits per heavy atom. The summed E-state index contributed by atoms with van der Waals surface area (Å²) in [6.45, 7) is 3.72. The highest BCUT2D eigenvalue weighted by molar-refractivity contribution is 7.18. The van der Waals surface area contributed by atoms with Gasteiger partial charge in [-0.2, -0.15) is 0 Å². The van der Waals surface area contributed by atoms with Crippen molar-refractivity contribution in [1.29, 1.82) is 0 Å². The number of hydrogen-bond acceptors (Lipinski definition) is 6. The van der Waals surface area contributed by atoms with Crippen LogP contribution in [-0.4, -0.2) is 51.7 Å². The van der Waals surface area contributed by atoms with Gasteiger partial charge in [-0.15, -0.1) is 0 Å². The third kappa shape index (κ3) is 5.92. The van der Waals surface area contributed by atoms with Gasteiger partial charge in [0, 0.05) is 18.7 Å². The van der Waals surface area contributed by atoms with E-state index in [9.17, 15) is 23.5 Å². The lowest BCUT2D eigenvalue weighted by atomic mass is 10.1. The molecule has 0 bridgehead atoms. The number of rotatable bonds is 6. The molecule has 1 saturated heterocycles. The second-order valence-corrected chi connectivity index (χ2v) is 9.58. The van der Waals surface area contributed by atoms with Crippen LogP contribution in [0.3, 0.4) is 0 Å². The first-order valence-electron chi connectivity index (χ1n) is 10.9. The summed E-state index contributed by atoms with van der Waals surface area (Å²) < 4.78 is 32.6. The van der Waals surface area contributed by atoms with Gasteiger partial charge in [0.2, 0.25) is 5.06 Å². The zero-order valence-corrected chi connectivity index (χ0v) is 19.9. The Morgan fingerprint density at radius 2 is 1.74 bits per heavy atom. The molecule has 1 aromatic heterocycles. The lowest BCUT2D eigenvalue weighted by Crippen LogP contribution is -2.55. The number of hydrogen-bond donors (Lipinski definition) is 3. The lowest BCUT2D eigenvalue weighted by Gasteiger charge is -2.27. The SMILES string of the molecule is CC(C)(NC(=O)N1CC[C@H](O)C1)C(=O)Nc1nc(-c2ccc(F)cc2)c(Oc2ccc(F)cc2)s1. The molecule has 3 aromatic rings. The number of thiazole rings is 1. The monoisotopic (exact) mass is 502 g/mol. The fourth-order valence-electron chi connectivity index (χ4n) is 3.41. The highest BCUT2D eigenvalue weighted by atomic mass is 32.1. The molecule has 4 rings (SSSR count). The molecule has 1 fully saturated rings. The largest absolute Gasteiger partial charge is 0.444 e. The lowest BCUT2D eigenvalue weighted by molar-refractivity contribution is -0.120. The van der Waals surface area contributed by atoms with Crippen LogP contribution in [-0.2, 0) is 4.79 Å². The molecule has 0 radical (unpaired) electrons. The molecular formula is C24H24F2N4O4S. The van der Waals surface area contributed by atoms with Crippen LogP contribution in [0.15, 0.2) is 48.5 Å². The molecule has 0 unspecified atom stereocenters. The fraction of sp³-hybridized carbons (Fsp3) is 0.292. The number of benzene rings is 2. The Hall–Kier alpha value is -3.57. The van der Waals surface area contributed by atoms with E-state index >= 15 is 0 Å². The van der Waals surface area contributed by atoms with Crippen molar-refractivity contribution in [1.82, 2.24) is 15.2 Å². The molecule has 1 aliphatic heterocycles. The molecular weight excluding hydrogens is 478 g/mol. The second kappa shape index (κ2) is 9.96. The number of aliphatic hydroxyl groups is 1. The third-order valence-electron chi connectivity index (χ3n) is 5.40. The van der Waals surface area contributed by atoms with Gasteiger partial charge in [0.1, 0.15) is 28.6 Å². The van der Waals surface area contributed by atoms with Crippen molar-refractivity contribution in [3.05, 3.63) is 60.2 Å².